The summed E-state index contributed by atoms with van der Waals surface area (Å²) in [5.74, 6) is -2.91. The molecule has 12 heteroatoms. The van der Waals surface area contributed by atoms with E-state index < -0.39 is 59.7 Å². The van der Waals surface area contributed by atoms with E-state index in [-0.39, 0.29) is 17.5 Å². The van der Waals surface area contributed by atoms with Crippen LogP contribution in [0.5, 0.6) is 5.75 Å². The van der Waals surface area contributed by atoms with Crippen molar-refractivity contribution in [1.82, 2.24) is 5.32 Å². The summed E-state index contributed by atoms with van der Waals surface area (Å²) >= 11 is 0. The van der Waals surface area contributed by atoms with Crippen LogP contribution in [-0.4, -0.2) is 30.0 Å². The first-order valence-electron chi connectivity index (χ1n) is 11.9. The van der Waals surface area contributed by atoms with Gasteiger partial charge in [0.05, 0.1) is 12.0 Å². The van der Waals surface area contributed by atoms with Crippen LogP contribution in [0.2, 0.25) is 0 Å². The Kier molecular flexibility index (Phi) is 9.15. The predicted octanol–water partition coefficient (Wildman–Crippen LogP) is 7.57. The third kappa shape index (κ3) is 7.69. The first-order chi connectivity index (χ1) is 18.4. The summed E-state index contributed by atoms with van der Waals surface area (Å²) in [6, 6.07) is 14.6. The summed E-state index contributed by atoms with van der Waals surface area (Å²) in [5.41, 5.74) is -3.47. The van der Waals surface area contributed by atoms with E-state index in [2.05, 4.69) is 10.1 Å². The molecule has 0 amide bonds. The lowest BCUT2D eigenvalue weighted by molar-refractivity contribution is -0.253. The molecule has 2 atom stereocenters. The topological polar surface area (TPSA) is 41.5 Å². The minimum atomic E-state index is -5.00. The molecular formula is C28H26F9NO2. The molecule has 0 radical (unpaired) electrons. The lowest BCUT2D eigenvalue weighted by Crippen LogP contribution is -2.55. The zero-order valence-electron chi connectivity index (χ0n) is 21.3. The van der Waals surface area contributed by atoms with E-state index in [1.54, 1.807) is 30.3 Å². The van der Waals surface area contributed by atoms with Gasteiger partial charge < -0.3 is 9.84 Å². The van der Waals surface area contributed by atoms with Gasteiger partial charge in [0.15, 0.2) is 0 Å². The van der Waals surface area contributed by atoms with Crippen LogP contribution in [0.25, 0.3) is 0 Å². The van der Waals surface area contributed by atoms with Gasteiger partial charge in [0.2, 0.25) is 0 Å². The fourth-order valence-corrected chi connectivity index (χ4v) is 4.34. The van der Waals surface area contributed by atoms with Gasteiger partial charge in [0, 0.05) is 11.5 Å². The molecule has 3 aromatic rings. The van der Waals surface area contributed by atoms with Crippen molar-refractivity contribution in [1.29, 1.82) is 0 Å². The molecule has 0 saturated heterocycles. The van der Waals surface area contributed by atoms with Gasteiger partial charge in [-0.3, -0.25) is 5.32 Å². The van der Waals surface area contributed by atoms with E-state index in [0.717, 1.165) is 38.1 Å². The van der Waals surface area contributed by atoms with E-state index in [4.69, 9.17) is 0 Å². The summed E-state index contributed by atoms with van der Waals surface area (Å²) in [4.78, 5) is 0. The van der Waals surface area contributed by atoms with Crippen LogP contribution >= 0.6 is 0 Å². The zero-order valence-corrected chi connectivity index (χ0v) is 21.3. The van der Waals surface area contributed by atoms with Crippen molar-refractivity contribution < 1.29 is 49.4 Å². The molecule has 0 heterocycles. The number of nitrogens with one attached hydrogen (secondary N) is 1. The number of halogens is 9. The summed E-state index contributed by atoms with van der Waals surface area (Å²) in [5, 5.41) is 13.8. The third-order valence-corrected chi connectivity index (χ3v) is 6.30. The van der Waals surface area contributed by atoms with Crippen molar-refractivity contribution in [2.45, 2.75) is 57.2 Å². The standard InChI is InChI=1S/C28H26F9NO2/c1-25(2,16-27(33,34)35)24(39)38-26(15-17-6-4-3-5-7-17,18-8-10-20(29)11-9-18)19-12-21(30)14-22(13-19)40-28(36,37)23(31)32/h3-14,23-24,38-39H,15-16H2,1-2H3/t24?,26-/m1/s1. The highest BCUT2D eigenvalue weighted by Gasteiger charge is 2.47. The maximum absolute atomic E-state index is 14.8. The predicted molar refractivity (Wildman–Crippen MR) is 129 cm³/mol. The van der Waals surface area contributed by atoms with Gasteiger partial charge in [-0.05, 0) is 47.4 Å². The van der Waals surface area contributed by atoms with Crippen molar-refractivity contribution in [2.24, 2.45) is 5.41 Å². The number of ether oxygens (including phenoxy) is 1. The van der Waals surface area contributed by atoms with Crippen LogP contribution in [0.4, 0.5) is 39.5 Å². The van der Waals surface area contributed by atoms with E-state index in [0.29, 0.717) is 11.6 Å². The van der Waals surface area contributed by atoms with Crippen LogP contribution in [0.3, 0.4) is 0 Å². The number of aliphatic hydroxyl groups excluding tert-OH is 1. The van der Waals surface area contributed by atoms with Crippen molar-refractivity contribution in [3.05, 3.63) is 101 Å². The number of rotatable bonds is 11. The molecule has 0 aliphatic rings. The molecule has 0 saturated carbocycles. The second-order valence-electron chi connectivity index (χ2n) is 10.0. The highest BCUT2D eigenvalue weighted by atomic mass is 19.4. The van der Waals surface area contributed by atoms with Gasteiger partial charge >= 0.3 is 18.7 Å². The van der Waals surface area contributed by atoms with Gasteiger partial charge in [-0.2, -0.15) is 30.7 Å². The number of benzene rings is 3. The molecule has 0 spiro atoms. The zero-order chi connectivity index (χ0) is 29.9. The van der Waals surface area contributed by atoms with Crippen LogP contribution in [0, 0.1) is 17.0 Å². The molecule has 0 aliphatic carbocycles. The van der Waals surface area contributed by atoms with E-state index in [9.17, 15) is 44.6 Å². The Morgan fingerprint density at radius 2 is 1.40 bits per heavy atom. The Labute approximate surface area is 224 Å². The fourth-order valence-electron chi connectivity index (χ4n) is 4.34. The molecule has 3 aromatic carbocycles. The third-order valence-electron chi connectivity index (χ3n) is 6.30. The Morgan fingerprint density at radius 3 is 1.95 bits per heavy atom. The molecule has 3 nitrogen and oxygen atoms in total. The van der Waals surface area contributed by atoms with Crippen molar-refractivity contribution in [3.8, 4) is 5.75 Å². The maximum atomic E-state index is 14.8. The van der Waals surface area contributed by atoms with Crippen LogP contribution in [0.1, 0.15) is 37.0 Å². The normalized spacial score (nSPS) is 15.1. The average Bonchev–Trinajstić information content (AvgIpc) is 2.82. The van der Waals surface area contributed by atoms with Crippen molar-refractivity contribution in [2.75, 3.05) is 0 Å². The quantitative estimate of drug-likeness (QED) is 0.182. The minimum absolute atomic E-state index is 0.0942. The summed E-state index contributed by atoms with van der Waals surface area (Å²) in [6.45, 7) is 2.25. The maximum Gasteiger partial charge on any atom is 0.461 e. The van der Waals surface area contributed by atoms with E-state index in [1.165, 1.54) is 12.1 Å². The van der Waals surface area contributed by atoms with Crippen LogP contribution < -0.4 is 10.1 Å². The average molecular weight is 580 g/mol. The highest BCUT2D eigenvalue weighted by Crippen LogP contribution is 2.41. The molecule has 0 fully saturated rings. The van der Waals surface area contributed by atoms with Gasteiger partial charge in [0.25, 0.3) is 0 Å². The molecule has 0 aliphatic heterocycles. The van der Waals surface area contributed by atoms with Gasteiger partial charge in [0.1, 0.15) is 23.6 Å². The molecule has 218 valence electrons. The van der Waals surface area contributed by atoms with Gasteiger partial charge in [-0.15, -0.1) is 0 Å². The van der Waals surface area contributed by atoms with Crippen molar-refractivity contribution in [3.63, 3.8) is 0 Å². The molecule has 1 unspecified atom stereocenters. The monoisotopic (exact) mass is 579 g/mol. The first-order valence-corrected chi connectivity index (χ1v) is 11.9. The van der Waals surface area contributed by atoms with E-state index in [1.807, 2.05) is 0 Å². The fraction of sp³-hybridized carbons (Fsp3) is 0.357. The Morgan fingerprint density at radius 1 is 0.800 bits per heavy atom. The Bertz CT molecular complexity index is 1270. The Hall–Kier alpha value is -3.25. The van der Waals surface area contributed by atoms with Crippen LogP contribution in [-0.2, 0) is 12.0 Å². The first kappa shape index (κ1) is 31.3. The molecule has 0 bridgehead atoms. The minimum Gasteiger partial charge on any atom is -0.428 e. The molecule has 40 heavy (non-hydrogen) atoms. The molecule has 0 aromatic heterocycles. The largest absolute Gasteiger partial charge is 0.461 e. The number of alkyl halides is 7. The highest BCUT2D eigenvalue weighted by molar-refractivity contribution is 5.45. The smallest absolute Gasteiger partial charge is 0.428 e. The van der Waals surface area contributed by atoms with Gasteiger partial charge in [-0.25, -0.2) is 8.78 Å². The number of hydrogen-bond donors (Lipinski definition) is 2. The Balaban J connectivity index is 2.28. The lowest BCUT2D eigenvalue weighted by Gasteiger charge is -2.43. The van der Waals surface area contributed by atoms with Crippen LogP contribution in [0.15, 0.2) is 72.8 Å². The number of hydrogen-bond acceptors (Lipinski definition) is 3. The SMILES string of the molecule is CC(C)(CC(F)(F)F)C(O)N[C@](Cc1ccccc1)(c1ccc(F)cc1)c1cc(F)cc(OC(F)(F)C(F)F)c1. The second kappa shape index (κ2) is 11.7. The summed E-state index contributed by atoms with van der Waals surface area (Å²) < 4.78 is 126. The molecular weight excluding hydrogens is 553 g/mol. The van der Waals surface area contributed by atoms with Crippen molar-refractivity contribution >= 4 is 0 Å². The molecule has 2 N–H and O–H groups in total. The van der Waals surface area contributed by atoms with Gasteiger partial charge in [-0.1, -0.05) is 56.3 Å². The number of aliphatic hydroxyl groups is 1. The molecule has 3 rings (SSSR count). The second-order valence-corrected chi connectivity index (χ2v) is 10.0. The van der Waals surface area contributed by atoms with E-state index >= 15 is 0 Å². The summed E-state index contributed by atoms with van der Waals surface area (Å²) in [7, 11) is 0. The summed E-state index contributed by atoms with van der Waals surface area (Å²) in [6.07, 6.45) is -17.6. The lowest BCUT2D eigenvalue weighted by atomic mass is 9.76.